The van der Waals surface area contributed by atoms with Crippen LogP contribution in [0.25, 0.3) is 0 Å². The lowest BCUT2D eigenvalue weighted by Crippen LogP contribution is -2.49. The van der Waals surface area contributed by atoms with Crippen LogP contribution in [0, 0.1) is 0 Å². The molecule has 6 nitrogen and oxygen atoms in total. The molecule has 2 aromatic rings. The molecule has 4 rings (SSSR count). The molecule has 0 saturated carbocycles. The van der Waals surface area contributed by atoms with Crippen LogP contribution in [0.2, 0.25) is 0 Å². The summed E-state index contributed by atoms with van der Waals surface area (Å²) in [5.41, 5.74) is 1.47. The first-order chi connectivity index (χ1) is 12.9. The van der Waals surface area contributed by atoms with Crippen molar-refractivity contribution in [3.05, 3.63) is 33.5 Å². The average molecular weight is 399 g/mol. The van der Waals surface area contributed by atoms with Gasteiger partial charge in [-0.25, -0.2) is 9.78 Å². The van der Waals surface area contributed by atoms with Crippen LogP contribution in [-0.2, 0) is 19.0 Å². The Hall–Kier alpha value is -2.10. The number of nitrogens with zero attached hydrogens (tertiary/aromatic N) is 3. The molecule has 1 fully saturated rings. The van der Waals surface area contributed by atoms with E-state index in [1.807, 2.05) is 6.20 Å². The highest BCUT2D eigenvalue weighted by Crippen LogP contribution is 2.35. The van der Waals surface area contributed by atoms with Crippen molar-refractivity contribution < 1.29 is 18.0 Å². The molecule has 2 N–H and O–H groups in total. The minimum Gasteiger partial charge on any atom is -0.335 e. The zero-order valence-electron chi connectivity index (χ0n) is 14.6. The molecule has 0 radical (unpaired) electrons. The van der Waals surface area contributed by atoms with Crippen LogP contribution < -0.4 is 5.32 Å². The number of likely N-dealkylation sites (tertiary alicyclic amines) is 1. The average Bonchev–Trinajstić information content (AvgIpc) is 3.30. The first-order valence-electron chi connectivity index (χ1n) is 8.99. The first-order valence-corrected chi connectivity index (χ1v) is 9.87. The number of rotatable bonds is 2. The second-order valence-electron chi connectivity index (χ2n) is 7.09. The van der Waals surface area contributed by atoms with Gasteiger partial charge in [-0.3, -0.25) is 5.10 Å². The number of urea groups is 1. The summed E-state index contributed by atoms with van der Waals surface area (Å²) in [5.74, 6) is -0.0163. The molecule has 1 aliphatic carbocycles. The molecule has 2 aliphatic rings. The van der Waals surface area contributed by atoms with Crippen molar-refractivity contribution in [2.45, 2.75) is 50.2 Å². The van der Waals surface area contributed by atoms with Crippen LogP contribution in [-0.4, -0.2) is 45.2 Å². The van der Waals surface area contributed by atoms with E-state index in [4.69, 9.17) is 0 Å². The highest BCUT2D eigenvalue weighted by atomic mass is 32.1. The third-order valence-corrected chi connectivity index (χ3v) is 6.30. The minimum absolute atomic E-state index is 0.0163. The number of aryl methyl sites for hydroxylation is 1. The fraction of sp³-hybridized carbons (Fsp3) is 0.588. The Labute approximate surface area is 158 Å². The van der Waals surface area contributed by atoms with Gasteiger partial charge in [-0.1, -0.05) is 0 Å². The monoisotopic (exact) mass is 399 g/mol. The van der Waals surface area contributed by atoms with Gasteiger partial charge in [0, 0.05) is 42.5 Å². The molecule has 0 aromatic carbocycles. The summed E-state index contributed by atoms with van der Waals surface area (Å²) < 4.78 is 38.1. The van der Waals surface area contributed by atoms with E-state index in [-0.39, 0.29) is 18.0 Å². The fourth-order valence-electron chi connectivity index (χ4n) is 3.73. The minimum atomic E-state index is -4.40. The van der Waals surface area contributed by atoms with E-state index < -0.39 is 11.9 Å². The number of halogens is 3. The van der Waals surface area contributed by atoms with Gasteiger partial charge in [0.25, 0.3) is 0 Å². The van der Waals surface area contributed by atoms with Crippen LogP contribution in [0.3, 0.4) is 0 Å². The summed E-state index contributed by atoms with van der Waals surface area (Å²) in [6.07, 6.45) is 1.22. The number of H-pyrrole nitrogens is 1. The number of carbonyl (C=O) groups excluding carboxylic acids is 1. The number of nitrogens with one attached hydrogen (secondary N) is 2. The van der Waals surface area contributed by atoms with Crippen molar-refractivity contribution in [1.29, 1.82) is 0 Å². The third-order valence-electron chi connectivity index (χ3n) is 5.29. The van der Waals surface area contributed by atoms with E-state index in [2.05, 4.69) is 20.5 Å². The van der Waals surface area contributed by atoms with E-state index in [1.165, 1.54) is 5.56 Å². The standard InChI is InChI=1S/C17H20F3N5OS/c18-17(19,20)14-9-27-15(23-14)10-3-5-25(6-4-10)16(26)22-12-2-1-11-8-21-24-13(11)7-12/h8-10,12H,1-7H2,(H,21,24)(H,22,26). The van der Waals surface area contributed by atoms with E-state index in [1.54, 1.807) is 4.90 Å². The quantitative estimate of drug-likeness (QED) is 0.814. The van der Waals surface area contributed by atoms with Crippen LogP contribution >= 0.6 is 11.3 Å². The van der Waals surface area contributed by atoms with Gasteiger partial charge >= 0.3 is 12.2 Å². The van der Waals surface area contributed by atoms with Crippen molar-refractivity contribution in [2.24, 2.45) is 0 Å². The molecular formula is C17H20F3N5OS. The predicted octanol–water partition coefficient (Wildman–Crippen LogP) is 3.33. The van der Waals surface area contributed by atoms with Crippen LogP contribution in [0.15, 0.2) is 11.6 Å². The second kappa shape index (κ2) is 7.14. The van der Waals surface area contributed by atoms with Crippen molar-refractivity contribution in [1.82, 2.24) is 25.4 Å². The number of hydrogen-bond donors (Lipinski definition) is 2. The Balaban J connectivity index is 1.29. The molecule has 1 saturated heterocycles. The number of hydrogen-bond acceptors (Lipinski definition) is 4. The first kappa shape index (κ1) is 18.3. The van der Waals surface area contributed by atoms with Crippen molar-refractivity contribution in [3.63, 3.8) is 0 Å². The number of alkyl halides is 3. The topological polar surface area (TPSA) is 73.9 Å². The molecular weight excluding hydrogens is 379 g/mol. The molecule has 0 spiro atoms. The maximum atomic E-state index is 12.7. The van der Waals surface area contributed by atoms with Crippen molar-refractivity contribution in [3.8, 4) is 0 Å². The second-order valence-corrected chi connectivity index (χ2v) is 7.98. The Morgan fingerprint density at radius 2 is 2.07 bits per heavy atom. The van der Waals surface area contributed by atoms with Gasteiger partial charge in [-0.05, 0) is 31.2 Å². The Morgan fingerprint density at radius 1 is 1.30 bits per heavy atom. The van der Waals surface area contributed by atoms with E-state index >= 15 is 0 Å². The number of amides is 2. The molecule has 27 heavy (non-hydrogen) atoms. The van der Waals surface area contributed by atoms with Gasteiger partial charge < -0.3 is 10.2 Å². The highest BCUT2D eigenvalue weighted by Gasteiger charge is 2.35. The molecule has 1 unspecified atom stereocenters. The van der Waals surface area contributed by atoms with Crippen molar-refractivity contribution in [2.75, 3.05) is 13.1 Å². The molecule has 146 valence electrons. The number of aromatic amines is 1. The lowest BCUT2D eigenvalue weighted by Gasteiger charge is -2.33. The van der Waals surface area contributed by atoms with Crippen LogP contribution in [0.4, 0.5) is 18.0 Å². The smallest absolute Gasteiger partial charge is 0.335 e. The fourth-order valence-corrected chi connectivity index (χ4v) is 4.73. The number of thiazole rings is 1. The summed E-state index contributed by atoms with van der Waals surface area (Å²) >= 11 is 1.06. The number of piperidine rings is 1. The number of aromatic nitrogens is 3. The summed E-state index contributed by atoms with van der Waals surface area (Å²) in [7, 11) is 0. The number of carbonyl (C=O) groups is 1. The molecule has 1 aliphatic heterocycles. The molecule has 10 heteroatoms. The van der Waals surface area contributed by atoms with Gasteiger partial charge in [0.1, 0.15) is 0 Å². The van der Waals surface area contributed by atoms with E-state index in [9.17, 15) is 18.0 Å². The molecule has 3 heterocycles. The summed E-state index contributed by atoms with van der Waals surface area (Å²) in [6.45, 7) is 1.05. The van der Waals surface area contributed by atoms with E-state index in [0.717, 1.165) is 41.7 Å². The highest BCUT2D eigenvalue weighted by molar-refractivity contribution is 7.09. The van der Waals surface area contributed by atoms with Gasteiger partial charge in [0.05, 0.1) is 11.2 Å². The molecule has 0 bridgehead atoms. The molecule has 2 amide bonds. The van der Waals surface area contributed by atoms with Crippen LogP contribution in [0.1, 0.15) is 47.1 Å². The van der Waals surface area contributed by atoms with Gasteiger partial charge in [0.15, 0.2) is 5.69 Å². The zero-order chi connectivity index (χ0) is 19.0. The lowest BCUT2D eigenvalue weighted by molar-refractivity contribution is -0.140. The normalized spacial score (nSPS) is 21.1. The lowest BCUT2D eigenvalue weighted by atomic mass is 9.94. The zero-order valence-corrected chi connectivity index (χ0v) is 15.4. The SMILES string of the molecule is O=C(NC1CCc2cn[nH]c2C1)N1CCC(c2nc(C(F)(F)F)cs2)CC1. The number of fused-ring (bicyclic) bond motifs is 1. The Morgan fingerprint density at radius 3 is 2.78 bits per heavy atom. The largest absolute Gasteiger partial charge is 0.434 e. The summed E-state index contributed by atoms with van der Waals surface area (Å²) in [6, 6.07) is -0.0204. The van der Waals surface area contributed by atoms with Gasteiger partial charge in [0.2, 0.25) is 0 Å². The Kier molecular flexibility index (Phi) is 4.83. The third kappa shape index (κ3) is 3.95. The maximum absolute atomic E-state index is 12.7. The summed E-state index contributed by atoms with van der Waals surface area (Å²) in [4.78, 5) is 18.0. The van der Waals surface area contributed by atoms with Gasteiger partial charge in [-0.2, -0.15) is 18.3 Å². The van der Waals surface area contributed by atoms with Crippen molar-refractivity contribution >= 4 is 17.4 Å². The van der Waals surface area contributed by atoms with Crippen LogP contribution in [0.5, 0.6) is 0 Å². The molecule has 1 atom stereocenters. The van der Waals surface area contributed by atoms with Gasteiger partial charge in [-0.15, -0.1) is 11.3 Å². The summed E-state index contributed by atoms with van der Waals surface area (Å²) in [5, 5.41) is 11.7. The van der Waals surface area contributed by atoms with E-state index in [0.29, 0.717) is 30.9 Å². The Bertz CT molecular complexity index is 810. The maximum Gasteiger partial charge on any atom is 0.434 e. The predicted molar refractivity (Wildman–Crippen MR) is 93.6 cm³/mol. The molecule has 2 aromatic heterocycles.